The Labute approximate surface area is 138 Å². The summed E-state index contributed by atoms with van der Waals surface area (Å²) in [7, 11) is 1.38. The van der Waals surface area contributed by atoms with Crippen LogP contribution in [0.1, 0.15) is 18.4 Å². The van der Waals surface area contributed by atoms with Gasteiger partial charge in [0.2, 0.25) is 5.91 Å². The Morgan fingerprint density at radius 2 is 2.04 bits per heavy atom. The molecular formula is C16H18FN3O4. The topological polar surface area (TPSA) is 87.7 Å². The summed E-state index contributed by atoms with van der Waals surface area (Å²) >= 11 is 0. The lowest BCUT2D eigenvalue weighted by Crippen LogP contribution is -2.55. The number of carbonyl (C=O) groups is 3. The van der Waals surface area contributed by atoms with Crippen molar-refractivity contribution in [3.05, 3.63) is 29.6 Å². The number of halogens is 1. The number of hydrogen-bond acceptors (Lipinski definition) is 4. The summed E-state index contributed by atoms with van der Waals surface area (Å²) in [5.74, 6) is -0.851. The molecule has 0 atom stereocenters. The molecule has 0 aromatic heterocycles. The first-order valence-electron chi connectivity index (χ1n) is 7.67. The molecule has 8 heteroatoms. The van der Waals surface area contributed by atoms with Gasteiger partial charge in [-0.3, -0.25) is 14.9 Å². The maximum absolute atomic E-state index is 13.7. The van der Waals surface area contributed by atoms with Crippen molar-refractivity contribution < 1.29 is 23.5 Å². The van der Waals surface area contributed by atoms with Crippen molar-refractivity contribution in [1.29, 1.82) is 0 Å². The quantitative estimate of drug-likeness (QED) is 0.791. The van der Waals surface area contributed by atoms with Gasteiger partial charge in [-0.1, -0.05) is 6.07 Å². The highest BCUT2D eigenvalue weighted by atomic mass is 19.1. The van der Waals surface area contributed by atoms with E-state index in [1.165, 1.54) is 19.2 Å². The smallest absolute Gasteiger partial charge is 0.322 e. The molecule has 2 aliphatic rings. The summed E-state index contributed by atoms with van der Waals surface area (Å²) in [6.07, 6.45) is 0.813. The van der Waals surface area contributed by atoms with Gasteiger partial charge in [0, 0.05) is 13.1 Å². The monoisotopic (exact) mass is 335 g/mol. The van der Waals surface area contributed by atoms with Crippen LogP contribution in [-0.2, 0) is 16.0 Å². The van der Waals surface area contributed by atoms with Crippen LogP contribution in [-0.4, -0.2) is 48.5 Å². The molecule has 7 nitrogen and oxygen atoms in total. The Hall–Kier alpha value is -2.64. The van der Waals surface area contributed by atoms with E-state index in [1.54, 1.807) is 11.0 Å². The Morgan fingerprint density at radius 1 is 1.33 bits per heavy atom. The number of amides is 4. The molecule has 2 saturated heterocycles. The van der Waals surface area contributed by atoms with Gasteiger partial charge in [0.25, 0.3) is 5.91 Å². The largest absolute Gasteiger partial charge is 0.494 e. The molecule has 4 amide bonds. The van der Waals surface area contributed by atoms with Crippen LogP contribution in [0.2, 0.25) is 0 Å². The number of hydrogen-bond donors (Lipinski definition) is 2. The van der Waals surface area contributed by atoms with Gasteiger partial charge in [-0.05, 0) is 30.5 Å². The molecule has 2 heterocycles. The first-order chi connectivity index (χ1) is 11.4. The van der Waals surface area contributed by atoms with Crippen molar-refractivity contribution in [2.24, 2.45) is 0 Å². The summed E-state index contributed by atoms with van der Waals surface area (Å²) < 4.78 is 18.5. The maximum atomic E-state index is 13.7. The molecule has 1 aromatic rings. The predicted octanol–water partition coefficient (Wildman–Crippen LogP) is 0.577. The van der Waals surface area contributed by atoms with E-state index in [4.69, 9.17) is 4.74 Å². The van der Waals surface area contributed by atoms with Gasteiger partial charge in [-0.25, -0.2) is 9.18 Å². The van der Waals surface area contributed by atoms with Crippen LogP contribution >= 0.6 is 0 Å². The number of rotatable bonds is 3. The van der Waals surface area contributed by atoms with Gasteiger partial charge >= 0.3 is 6.03 Å². The van der Waals surface area contributed by atoms with Crippen LogP contribution in [0, 0.1) is 5.82 Å². The van der Waals surface area contributed by atoms with Crippen molar-refractivity contribution in [3.63, 3.8) is 0 Å². The Balaban J connectivity index is 1.60. The van der Waals surface area contributed by atoms with E-state index >= 15 is 0 Å². The fourth-order valence-electron chi connectivity index (χ4n) is 3.12. The third-order valence-corrected chi connectivity index (χ3v) is 4.56. The lowest BCUT2D eigenvalue weighted by Gasteiger charge is -2.37. The molecule has 128 valence electrons. The van der Waals surface area contributed by atoms with E-state index < -0.39 is 17.4 Å². The van der Waals surface area contributed by atoms with Crippen LogP contribution < -0.4 is 15.4 Å². The molecular weight excluding hydrogens is 317 g/mol. The Kier molecular flexibility index (Phi) is 4.13. The SMILES string of the molecule is COc1ccc(CC(=O)N2CCC3(CC2)NC(=O)NC3=O)cc1F. The summed E-state index contributed by atoms with van der Waals surface area (Å²) in [6.45, 7) is 0.732. The van der Waals surface area contributed by atoms with Crippen LogP contribution in [0.15, 0.2) is 18.2 Å². The zero-order valence-electron chi connectivity index (χ0n) is 13.2. The molecule has 1 spiro atoms. The number of likely N-dealkylation sites (tertiary alicyclic amines) is 1. The van der Waals surface area contributed by atoms with Gasteiger partial charge in [0.05, 0.1) is 13.5 Å². The van der Waals surface area contributed by atoms with Crippen molar-refractivity contribution in [2.75, 3.05) is 20.2 Å². The second kappa shape index (κ2) is 6.10. The normalized spacial score (nSPS) is 19.2. The van der Waals surface area contributed by atoms with Gasteiger partial charge in [0.1, 0.15) is 5.54 Å². The number of carbonyl (C=O) groups excluding carboxylic acids is 3. The van der Waals surface area contributed by atoms with Gasteiger partial charge in [0.15, 0.2) is 11.6 Å². The van der Waals surface area contributed by atoms with Gasteiger partial charge in [-0.2, -0.15) is 0 Å². The van der Waals surface area contributed by atoms with E-state index in [1.807, 2.05) is 0 Å². The minimum atomic E-state index is -0.903. The molecule has 2 N–H and O–H groups in total. The number of nitrogens with zero attached hydrogens (tertiary/aromatic N) is 1. The van der Waals surface area contributed by atoms with E-state index in [-0.39, 0.29) is 24.0 Å². The van der Waals surface area contributed by atoms with Crippen molar-refractivity contribution in [2.45, 2.75) is 24.8 Å². The molecule has 0 bridgehead atoms. The molecule has 0 saturated carbocycles. The fourth-order valence-corrected chi connectivity index (χ4v) is 3.12. The van der Waals surface area contributed by atoms with E-state index in [9.17, 15) is 18.8 Å². The van der Waals surface area contributed by atoms with Crippen LogP contribution in [0.25, 0.3) is 0 Å². The van der Waals surface area contributed by atoms with E-state index in [2.05, 4.69) is 10.6 Å². The summed E-state index contributed by atoms with van der Waals surface area (Å²) in [4.78, 5) is 37.2. The maximum Gasteiger partial charge on any atom is 0.322 e. The molecule has 24 heavy (non-hydrogen) atoms. The molecule has 2 aliphatic heterocycles. The Bertz CT molecular complexity index is 699. The van der Waals surface area contributed by atoms with Crippen LogP contribution in [0.4, 0.5) is 9.18 Å². The first kappa shape index (κ1) is 16.2. The third-order valence-electron chi connectivity index (χ3n) is 4.56. The standard InChI is InChI=1S/C16H18FN3O4/c1-24-12-3-2-10(8-11(12)17)9-13(21)20-6-4-16(5-7-20)14(22)18-15(23)19-16/h2-3,8H,4-7,9H2,1H3,(H2,18,19,22,23). The zero-order valence-corrected chi connectivity index (χ0v) is 13.2. The molecule has 0 unspecified atom stereocenters. The number of nitrogens with one attached hydrogen (secondary N) is 2. The highest BCUT2D eigenvalue weighted by molar-refractivity contribution is 6.07. The first-order valence-corrected chi connectivity index (χ1v) is 7.67. The average Bonchev–Trinajstić information content (AvgIpc) is 2.81. The molecule has 0 radical (unpaired) electrons. The molecule has 3 rings (SSSR count). The summed E-state index contributed by atoms with van der Waals surface area (Å²) in [5, 5.41) is 4.88. The fraction of sp³-hybridized carbons (Fsp3) is 0.438. The van der Waals surface area contributed by atoms with Crippen LogP contribution in [0.5, 0.6) is 5.75 Å². The number of ether oxygens (including phenoxy) is 1. The number of benzene rings is 1. The average molecular weight is 335 g/mol. The number of piperidine rings is 1. The number of urea groups is 1. The Morgan fingerprint density at radius 3 is 2.58 bits per heavy atom. The lowest BCUT2D eigenvalue weighted by atomic mass is 9.87. The summed E-state index contributed by atoms with van der Waals surface area (Å²) in [6, 6.07) is 3.93. The minimum Gasteiger partial charge on any atom is -0.494 e. The molecule has 2 fully saturated rings. The second-order valence-corrected chi connectivity index (χ2v) is 6.02. The van der Waals surface area contributed by atoms with Crippen molar-refractivity contribution in [3.8, 4) is 5.75 Å². The highest BCUT2D eigenvalue weighted by Crippen LogP contribution is 2.26. The number of methoxy groups -OCH3 is 1. The van der Waals surface area contributed by atoms with Crippen molar-refractivity contribution in [1.82, 2.24) is 15.5 Å². The van der Waals surface area contributed by atoms with Gasteiger partial charge < -0.3 is 15.0 Å². The summed E-state index contributed by atoms with van der Waals surface area (Å²) in [5.41, 5.74) is -0.342. The van der Waals surface area contributed by atoms with Gasteiger partial charge in [-0.15, -0.1) is 0 Å². The zero-order chi connectivity index (χ0) is 17.3. The second-order valence-electron chi connectivity index (χ2n) is 6.02. The third kappa shape index (κ3) is 2.91. The lowest BCUT2D eigenvalue weighted by molar-refractivity contribution is -0.135. The predicted molar refractivity (Wildman–Crippen MR) is 81.9 cm³/mol. The molecule has 1 aromatic carbocycles. The van der Waals surface area contributed by atoms with Crippen LogP contribution in [0.3, 0.4) is 0 Å². The van der Waals surface area contributed by atoms with E-state index in [0.29, 0.717) is 31.5 Å². The minimum absolute atomic E-state index is 0.0759. The highest BCUT2D eigenvalue weighted by Gasteiger charge is 2.48. The van der Waals surface area contributed by atoms with E-state index in [0.717, 1.165) is 0 Å². The number of imide groups is 1. The molecule has 0 aliphatic carbocycles. The van der Waals surface area contributed by atoms with Crippen molar-refractivity contribution >= 4 is 17.8 Å².